The highest BCUT2D eigenvalue weighted by molar-refractivity contribution is 7.89. The Kier molecular flexibility index (Phi) is 5.21. The molecule has 16 heavy (non-hydrogen) atoms. The Morgan fingerprint density at radius 2 is 2.12 bits per heavy atom. The van der Waals surface area contributed by atoms with Crippen LogP contribution in [0.3, 0.4) is 0 Å². The van der Waals surface area contributed by atoms with Gasteiger partial charge in [0.05, 0.1) is 5.75 Å². The molecule has 96 valence electrons. The number of rotatable bonds is 5. The molecule has 2 unspecified atom stereocenters. The molecule has 1 saturated heterocycles. The van der Waals surface area contributed by atoms with Gasteiger partial charge in [0, 0.05) is 13.1 Å². The average molecular weight is 248 g/mol. The van der Waals surface area contributed by atoms with Crippen LogP contribution in [0, 0.1) is 11.8 Å². The van der Waals surface area contributed by atoms with Gasteiger partial charge >= 0.3 is 0 Å². The van der Waals surface area contributed by atoms with Crippen LogP contribution in [0.5, 0.6) is 0 Å². The van der Waals surface area contributed by atoms with Gasteiger partial charge in [0.2, 0.25) is 10.0 Å². The van der Waals surface area contributed by atoms with Gasteiger partial charge in [0.15, 0.2) is 0 Å². The zero-order valence-electron chi connectivity index (χ0n) is 10.4. The number of hydrogen-bond acceptors (Lipinski definition) is 3. The van der Waals surface area contributed by atoms with Gasteiger partial charge in [-0.05, 0) is 31.2 Å². The molecule has 1 heterocycles. The van der Waals surface area contributed by atoms with Gasteiger partial charge in [-0.15, -0.1) is 0 Å². The Balaban J connectivity index is 2.60. The molecule has 1 rings (SSSR count). The molecule has 0 radical (unpaired) electrons. The minimum absolute atomic E-state index is 0.287. The summed E-state index contributed by atoms with van der Waals surface area (Å²) >= 11 is 0. The molecular weight excluding hydrogens is 224 g/mol. The van der Waals surface area contributed by atoms with E-state index in [0.717, 1.165) is 19.3 Å². The van der Waals surface area contributed by atoms with Crippen LogP contribution in [0.2, 0.25) is 0 Å². The van der Waals surface area contributed by atoms with E-state index in [-0.39, 0.29) is 5.75 Å². The molecule has 2 atom stereocenters. The van der Waals surface area contributed by atoms with Gasteiger partial charge in [-0.3, -0.25) is 0 Å². The molecule has 0 saturated carbocycles. The van der Waals surface area contributed by atoms with Crippen molar-refractivity contribution in [3.8, 4) is 0 Å². The van der Waals surface area contributed by atoms with Crippen LogP contribution in [0.15, 0.2) is 0 Å². The number of unbranched alkanes of at least 4 members (excludes halogenated alkanes) is 1. The molecule has 0 spiro atoms. The van der Waals surface area contributed by atoms with E-state index in [0.29, 0.717) is 31.5 Å². The molecule has 0 aliphatic carbocycles. The van der Waals surface area contributed by atoms with E-state index in [1.54, 1.807) is 4.31 Å². The van der Waals surface area contributed by atoms with Gasteiger partial charge in [-0.25, -0.2) is 12.7 Å². The van der Waals surface area contributed by atoms with E-state index in [1.807, 2.05) is 6.92 Å². The molecule has 5 heteroatoms. The van der Waals surface area contributed by atoms with Crippen LogP contribution >= 0.6 is 0 Å². The third kappa shape index (κ3) is 3.43. The van der Waals surface area contributed by atoms with Crippen LogP contribution in [0.1, 0.15) is 33.1 Å². The molecule has 4 nitrogen and oxygen atoms in total. The van der Waals surface area contributed by atoms with Crippen molar-refractivity contribution in [2.45, 2.75) is 33.1 Å². The maximum Gasteiger partial charge on any atom is 0.214 e. The number of sulfonamides is 1. The molecule has 0 bridgehead atoms. The van der Waals surface area contributed by atoms with Crippen molar-refractivity contribution in [1.29, 1.82) is 0 Å². The lowest BCUT2D eigenvalue weighted by atomic mass is 9.88. The Morgan fingerprint density at radius 1 is 1.44 bits per heavy atom. The molecular formula is C11H24N2O2S. The highest BCUT2D eigenvalue weighted by Crippen LogP contribution is 2.24. The monoisotopic (exact) mass is 248 g/mol. The van der Waals surface area contributed by atoms with Crippen LogP contribution in [-0.4, -0.2) is 38.1 Å². The first kappa shape index (κ1) is 13.9. The van der Waals surface area contributed by atoms with E-state index < -0.39 is 10.0 Å². The molecule has 0 aromatic rings. The summed E-state index contributed by atoms with van der Waals surface area (Å²) in [5.41, 5.74) is 5.68. The van der Waals surface area contributed by atoms with Gasteiger partial charge < -0.3 is 5.73 Å². The molecule has 2 N–H and O–H groups in total. The summed E-state index contributed by atoms with van der Waals surface area (Å²) in [6.07, 6.45) is 2.61. The summed E-state index contributed by atoms with van der Waals surface area (Å²) < 4.78 is 25.6. The summed E-state index contributed by atoms with van der Waals surface area (Å²) in [5.74, 6) is 1.16. The fraction of sp³-hybridized carbons (Fsp3) is 1.00. The SMILES string of the molecule is CCCCS(=O)(=O)N1CCC(C)C(CN)C1. The summed E-state index contributed by atoms with van der Waals surface area (Å²) in [7, 11) is -3.03. The lowest BCUT2D eigenvalue weighted by Crippen LogP contribution is -2.46. The summed E-state index contributed by atoms with van der Waals surface area (Å²) in [4.78, 5) is 0. The molecule has 1 aliphatic heterocycles. The van der Waals surface area contributed by atoms with Crippen molar-refractivity contribution in [1.82, 2.24) is 4.31 Å². The highest BCUT2D eigenvalue weighted by atomic mass is 32.2. The molecule has 1 aliphatic rings. The molecule has 0 aromatic heterocycles. The van der Waals surface area contributed by atoms with Crippen molar-refractivity contribution >= 4 is 10.0 Å². The first-order chi connectivity index (χ1) is 7.51. The normalized spacial score (nSPS) is 28.2. The van der Waals surface area contributed by atoms with E-state index in [4.69, 9.17) is 5.73 Å². The van der Waals surface area contributed by atoms with Gasteiger partial charge in [-0.2, -0.15) is 0 Å². The minimum atomic E-state index is -3.03. The fourth-order valence-corrected chi connectivity index (χ4v) is 3.85. The van der Waals surface area contributed by atoms with Crippen LogP contribution in [0.4, 0.5) is 0 Å². The topological polar surface area (TPSA) is 63.4 Å². The largest absolute Gasteiger partial charge is 0.330 e. The van der Waals surface area contributed by atoms with E-state index in [1.165, 1.54) is 0 Å². The smallest absolute Gasteiger partial charge is 0.214 e. The van der Waals surface area contributed by atoms with Crippen molar-refractivity contribution < 1.29 is 8.42 Å². The van der Waals surface area contributed by atoms with Crippen molar-refractivity contribution in [2.24, 2.45) is 17.6 Å². The fourth-order valence-electron chi connectivity index (χ4n) is 2.13. The van der Waals surface area contributed by atoms with Crippen molar-refractivity contribution in [3.63, 3.8) is 0 Å². The highest BCUT2D eigenvalue weighted by Gasteiger charge is 2.31. The van der Waals surface area contributed by atoms with Gasteiger partial charge in [0.1, 0.15) is 0 Å². The second-order valence-corrected chi connectivity index (χ2v) is 6.88. The van der Waals surface area contributed by atoms with Crippen molar-refractivity contribution in [2.75, 3.05) is 25.4 Å². The second-order valence-electron chi connectivity index (χ2n) is 4.79. The first-order valence-electron chi connectivity index (χ1n) is 6.19. The predicted octanol–water partition coefficient (Wildman–Crippen LogP) is 1.03. The summed E-state index contributed by atoms with van der Waals surface area (Å²) in [5, 5.41) is 0. The van der Waals surface area contributed by atoms with Crippen LogP contribution in [0.25, 0.3) is 0 Å². The number of nitrogens with zero attached hydrogens (tertiary/aromatic N) is 1. The van der Waals surface area contributed by atoms with E-state index in [2.05, 4.69) is 6.92 Å². The third-order valence-corrected chi connectivity index (χ3v) is 5.45. The van der Waals surface area contributed by atoms with Crippen LogP contribution in [-0.2, 0) is 10.0 Å². The average Bonchev–Trinajstić information content (AvgIpc) is 2.27. The van der Waals surface area contributed by atoms with E-state index >= 15 is 0 Å². The first-order valence-corrected chi connectivity index (χ1v) is 7.80. The third-order valence-electron chi connectivity index (χ3n) is 3.53. The van der Waals surface area contributed by atoms with Gasteiger partial charge in [-0.1, -0.05) is 20.3 Å². The minimum Gasteiger partial charge on any atom is -0.330 e. The lowest BCUT2D eigenvalue weighted by Gasteiger charge is -2.35. The molecule has 0 aromatic carbocycles. The Hall–Kier alpha value is -0.130. The zero-order valence-corrected chi connectivity index (χ0v) is 11.2. The maximum absolute atomic E-state index is 12.0. The number of nitrogens with two attached hydrogens (primary N) is 1. The molecule has 1 fully saturated rings. The predicted molar refractivity (Wildman–Crippen MR) is 66.6 cm³/mol. The van der Waals surface area contributed by atoms with Crippen LogP contribution < -0.4 is 5.73 Å². The standard InChI is InChI=1S/C11H24N2O2S/c1-3-4-7-16(14,15)13-6-5-10(2)11(8-12)9-13/h10-11H,3-9,12H2,1-2H3. The Morgan fingerprint density at radius 3 is 2.69 bits per heavy atom. The van der Waals surface area contributed by atoms with Gasteiger partial charge in [0.25, 0.3) is 0 Å². The summed E-state index contributed by atoms with van der Waals surface area (Å²) in [6, 6.07) is 0. The van der Waals surface area contributed by atoms with Crippen molar-refractivity contribution in [3.05, 3.63) is 0 Å². The number of piperidine rings is 1. The second kappa shape index (κ2) is 5.98. The van der Waals surface area contributed by atoms with E-state index in [9.17, 15) is 8.42 Å². The Bertz CT molecular complexity index is 303. The molecule has 0 amide bonds. The Labute approximate surface area is 99.2 Å². The summed E-state index contributed by atoms with van der Waals surface area (Å²) in [6.45, 7) is 6.04. The quantitative estimate of drug-likeness (QED) is 0.790. The zero-order chi connectivity index (χ0) is 12.2. The lowest BCUT2D eigenvalue weighted by molar-refractivity contribution is 0.203. The number of hydrogen-bond donors (Lipinski definition) is 1. The maximum atomic E-state index is 12.0.